The zero-order valence-electron chi connectivity index (χ0n) is 11.2. The van der Waals surface area contributed by atoms with Crippen LogP contribution in [-0.4, -0.2) is 25.0 Å². The Balaban J connectivity index is 2.80. The van der Waals surface area contributed by atoms with Gasteiger partial charge >= 0.3 is 0 Å². The zero-order chi connectivity index (χ0) is 14.2. The summed E-state index contributed by atoms with van der Waals surface area (Å²) < 4.78 is 0. The average molecular weight is 260 g/mol. The number of carboxylic acid groups (broad SMARTS) is 1. The molecule has 1 heterocycles. The van der Waals surface area contributed by atoms with Crippen LogP contribution < -0.4 is 15.4 Å². The van der Waals surface area contributed by atoms with Crippen molar-refractivity contribution in [1.29, 1.82) is 0 Å². The Labute approximate surface area is 110 Å². The lowest BCUT2D eigenvalue weighted by Gasteiger charge is -2.13. The summed E-state index contributed by atoms with van der Waals surface area (Å²) in [5, 5.41) is 11.5. The van der Waals surface area contributed by atoms with E-state index in [9.17, 15) is 14.7 Å². The minimum absolute atomic E-state index is 0.0152. The Morgan fingerprint density at radius 1 is 1.37 bits per heavy atom. The average Bonchev–Trinajstić information content (AvgIpc) is 2.33. The number of hydrogen-bond acceptors (Lipinski definition) is 3. The van der Waals surface area contributed by atoms with Crippen LogP contribution in [0.25, 0.3) is 10.9 Å². The highest BCUT2D eigenvalue weighted by Gasteiger charge is 2.13. The molecule has 100 valence electrons. The van der Waals surface area contributed by atoms with Crippen LogP contribution in [0.3, 0.4) is 0 Å². The second-order valence-electron chi connectivity index (χ2n) is 4.96. The summed E-state index contributed by atoms with van der Waals surface area (Å²) in [5.74, 6) is -1.29. The number of hydrogen-bond donors (Lipinski definition) is 2. The number of carbonyl (C=O) groups is 1. The van der Waals surface area contributed by atoms with Crippen molar-refractivity contribution >= 4 is 16.9 Å². The first-order valence-corrected chi connectivity index (χ1v) is 6.06. The van der Waals surface area contributed by atoms with Crippen LogP contribution in [-0.2, 0) is 6.54 Å². The second-order valence-corrected chi connectivity index (χ2v) is 4.96. The molecule has 2 N–H and O–H groups in total. The van der Waals surface area contributed by atoms with Crippen molar-refractivity contribution in [3.63, 3.8) is 0 Å². The molecule has 0 aliphatic carbocycles. The number of carbonyl (C=O) groups excluding carboxylic acids is 1. The quantitative estimate of drug-likeness (QED) is 0.731. The number of H-pyrrole nitrogens is 1. The maximum absolute atomic E-state index is 12.4. The van der Waals surface area contributed by atoms with E-state index < -0.39 is 5.97 Å². The molecule has 0 atom stereocenters. The summed E-state index contributed by atoms with van der Waals surface area (Å²) in [6.07, 6.45) is 0. The van der Waals surface area contributed by atoms with E-state index in [1.54, 1.807) is 19.1 Å². The highest BCUT2D eigenvalue weighted by molar-refractivity contribution is 6.00. The number of aryl methyl sites for hydroxylation is 1. The zero-order valence-corrected chi connectivity index (χ0v) is 11.2. The van der Waals surface area contributed by atoms with Gasteiger partial charge in [0.1, 0.15) is 6.54 Å². The van der Waals surface area contributed by atoms with Crippen LogP contribution in [0.15, 0.2) is 23.0 Å². The molecule has 0 saturated heterocycles. The van der Waals surface area contributed by atoms with Gasteiger partial charge < -0.3 is 19.8 Å². The largest absolute Gasteiger partial charge is 0.545 e. The molecule has 2 aromatic rings. The first kappa shape index (κ1) is 13.3. The van der Waals surface area contributed by atoms with E-state index >= 15 is 0 Å². The van der Waals surface area contributed by atoms with Crippen LogP contribution >= 0.6 is 0 Å². The van der Waals surface area contributed by atoms with Gasteiger partial charge in [-0.05, 0) is 13.0 Å². The first-order chi connectivity index (χ1) is 8.91. The predicted octanol–water partition coefficient (Wildman–Crippen LogP) is -1.16. The van der Waals surface area contributed by atoms with Crippen molar-refractivity contribution < 1.29 is 14.8 Å². The van der Waals surface area contributed by atoms with E-state index in [-0.39, 0.29) is 11.0 Å². The number of carboxylic acids is 1. The first-order valence-electron chi connectivity index (χ1n) is 6.06. The fourth-order valence-electron chi connectivity index (χ4n) is 2.21. The summed E-state index contributed by atoms with van der Waals surface area (Å²) in [5.41, 5.74) is 1.62. The number of aromatic carboxylic acids is 1. The molecule has 0 unspecified atom stereocenters. The van der Waals surface area contributed by atoms with Crippen LogP contribution in [0.1, 0.15) is 21.6 Å². The minimum atomic E-state index is -1.29. The van der Waals surface area contributed by atoms with E-state index in [4.69, 9.17) is 0 Å². The lowest BCUT2D eigenvalue weighted by Crippen LogP contribution is -3.04. The molecule has 0 fully saturated rings. The summed E-state index contributed by atoms with van der Waals surface area (Å²) >= 11 is 0. The van der Waals surface area contributed by atoms with Crippen LogP contribution in [0.4, 0.5) is 0 Å². The highest BCUT2D eigenvalue weighted by Crippen LogP contribution is 2.15. The Morgan fingerprint density at radius 2 is 2.05 bits per heavy atom. The number of rotatable bonds is 3. The Bertz CT molecular complexity index is 702. The van der Waals surface area contributed by atoms with Crippen molar-refractivity contribution in [2.75, 3.05) is 14.1 Å². The molecule has 2 rings (SSSR count). The third-order valence-corrected chi connectivity index (χ3v) is 3.10. The minimum Gasteiger partial charge on any atom is -0.545 e. The smallest absolute Gasteiger partial charge is 0.198 e. The number of quaternary nitrogens is 1. The summed E-state index contributed by atoms with van der Waals surface area (Å²) in [6.45, 7) is 2.37. The van der Waals surface area contributed by atoms with E-state index in [0.29, 0.717) is 28.7 Å². The number of aromatic amines is 1. The normalized spacial score (nSPS) is 11.2. The highest BCUT2D eigenvalue weighted by atomic mass is 16.4. The number of pyridine rings is 1. The van der Waals surface area contributed by atoms with Gasteiger partial charge in [0.05, 0.1) is 31.1 Å². The van der Waals surface area contributed by atoms with Crippen molar-refractivity contribution in [3.05, 3.63) is 45.2 Å². The van der Waals surface area contributed by atoms with E-state index in [1.165, 1.54) is 6.07 Å². The summed E-state index contributed by atoms with van der Waals surface area (Å²) in [4.78, 5) is 27.6. The molecule has 0 spiro atoms. The van der Waals surface area contributed by atoms with Crippen molar-refractivity contribution in [2.24, 2.45) is 0 Å². The molecular weight excluding hydrogens is 244 g/mol. The summed E-state index contributed by atoms with van der Waals surface area (Å²) in [6, 6.07) is 4.63. The molecule has 0 radical (unpaired) electrons. The molecule has 0 saturated carbocycles. The van der Waals surface area contributed by atoms with Gasteiger partial charge in [0.25, 0.3) is 0 Å². The van der Waals surface area contributed by atoms with Gasteiger partial charge in [-0.3, -0.25) is 4.79 Å². The maximum Gasteiger partial charge on any atom is 0.198 e. The number of aromatic nitrogens is 1. The molecule has 0 aliphatic heterocycles. The molecular formula is C14H16N2O3. The van der Waals surface area contributed by atoms with Crippen molar-refractivity contribution in [3.8, 4) is 0 Å². The fraction of sp³-hybridized carbons (Fsp3) is 0.286. The van der Waals surface area contributed by atoms with Gasteiger partial charge in [-0.1, -0.05) is 12.1 Å². The lowest BCUT2D eigenvalue weighted by atomic mass is 10.0. The Morgan fingerprint density at radius 3 is 2.63 bits per heavy atom. The number of nitrogens with one attached hydrogen (secondary N) is 2. The predicted molar refractivity (Wildman–Crippen MR) is 70.2 cm³/mol. The number of benzene rings is 1. The van der Waals surface area contributed by atoms with Gasteiger partial charge in [-0.25, -0.2) is 0 Å². The van der Waals surface area contributed by atoms with Crippen molar-refractivity contribution in [2.45, 2.75) is 13.5 Å². The maximum atomic E-state index is 12.4. The Kier molecular flexibility index (Phi) is 3.40. The van der Waals surface area contributed by atoms with E-state index in [2.05, 4.69) is 4.98 Å². The molecule has 0 amide bonds. The van der Waals surface area contributed by atoms with E-state index in [0.717, 1.165) is 4.90 Å². The fourth-order valence-corrected chi connectivity index (χ4v) is 2.21. The lowest BCUT2D eigenvalue weighted by molar-refractivity contribution is -0.872. The van der Waals surface area contributed by atoms with Crippen LogP contribution in [0.2, 0.25) is 0 Å². The topological polar surface area (TPSA) is 77.4 Å². The Hall–Kier alpha value is -2.14. The molecule has 0 aliphatic rings. The third kappa shape index (κ3) is 2.37. The second kappa shape index (κ2) is 4.85. The standard InChI is InChI=1S/C14H16N2O3/c1-8-11(7-16(2)3)13(17)9-5-4-6-10(14(18)19)12(9)15-8/h4-6H,7H2,1-3H3,(H,15,17)(H,18,19). The number of para-hydroxylation sites is 1. The molecule has 1 aromatic carbocycles. The molecule has 1 aromatic heterocycles. The van der Waals surface area contributed by atoms with Gasteiger partial charge in [-0.2, -0.15) is 0 Å². The third-order valence-electron chi connectivity index (χ3n) is 3.10. The van der Waals surface area contributed by atoms with Crippen molar-refractivity contribution in [1.82, 2.24) is 4.98 Å². The SMILES string of the molecule is Cc1[nH]c2c(C(=O)[O-])cccc2c(=O)c1C[NH+](C)C. The molecule has 5 heteroatoms. The van der Waals surface area contributed by atoms with E-state index in [1.807, 2.05) is 14.1 Å². The van der Waals surface area contributed by atoms with Gasteiger partial charge in [0.15, 0.2) is 5.43 Å². The molecule has 0 bridgehead atoms. The molecule has 19 heavy (non-hydrogen) atoms. The number of fused-ring (bicyclic) bond motifs is 1. The molecule has 5 nitrogen and oxygen atoms in total. The van der Waals surface area contributed by atoms with Gasteiger partial charge in [-0.15, -0.1) is 0 Å². The van der Waals surface area contributed by atoms with Gasteiger partial charge in [0, 0.05) is 16.6 Å². The van der Waals surface area contributed by atoms with Crippen LogP contribution in [0, 0.1) is 6.92 Å². The van der Waals surface area contributed by atoms with Gasteiger partial charge in [0.2, 0.25) is 0 Å². The summed E-state index contributed by atoms with van der Waals surface area (Å²) in [7, 11) is 3.92. The monoisotopic (exact) mass is 260 g/mol. The van der Waals surface area contributed by atoms with Crippen LogP contribution in [0.5, 0.6) is 0 Å².